The lowest BCUT2D eigenvalue weighted by Gasteiger charge is -2.25. The van der Waals surface area contributed by atoms with Gasteiger partial charge in [-0.2, -0.15) is 0 Å². The van der Waals surface area contributed by atoms with Crippen molar-refractivity contribution in [2.45, 2.75) is 13.0 Å². The van der Waals surface area contributed by atoms with Crippen molar-refractivity contribution >= 4 is 45.2 Å². The number of aliphatic carboxylic acids is 1. The summed E-state index contributed by atoms with van der Waals surface area (Å²) in [6.07, 6.45) is 0. The predicted molar refractivity (Wildman–Crippen MR) is 81.7 cm³/mol. The second-order valence-corrected chi connectivity index (χ2v) is 6.34. The van der Waals surface area contributed by atoms with Crippen LogP contribution in [0.2, 0.25) is 5.02 Å². The Morgan fingerprint density at radius 1 is 1.52 bits per heavy atom. The Labute approximate surface area is 134 Å². The second-order valence-electron chi connectivity index (χ2n) is 5.01. The van der Waals surface area contributed by atoms with Crippen molar-refractivity contribution in [2.75, 3.05) is 18.5 Å². The fraction of sp³-hybridized carbons (Fsp3) is 0.385. The van der Waals surface area contributed by atoms with Crippen LogP contribution in [0.4, 0.5) is 10.5 Å². The highest BCUT2D eigenvalue weighted by atomic mass is 79.9. The smallest absolute Gasteiger partial charge is 0.319 e. The van der Waals surface area contributed by atoms with Crippen molar-refractivity contribution in [3.8, 4) is 0 Å². The first-order chi connectivity index (χ1) is 9.83. The Kier molecular flexibility index (Phi) is 4.75. The van der Waals surface area contributed by atoms with Crippen LogP contribution in [-0.2, 0) is 9.53 Å². The van der Waals surface area contributed by atoms with E-state index in [2.05, 4.69) is 26.6 Å². The van der Waals surface area contributed by atoms with Crippen molar-refractivity contribution < 1.29 is 19.4 Å². The fourth-order valence-corrected chi connectivity index (χ4v) is 2.71. The fourth-order valence-electron chi connectivity index (χ4n) is 1.99. The molecule has 0 aromatic heterocycles. The summed E-state index contributed by atoms with van der Waals surface area (Å²) in [5, 5.41) is 14.8. The molecule has 1 fully saturated rings. The monoisotopic (exact) mass is 376 g/mol. The number of rotatable bonds is 3. The molecule has 0 aliphatic carbocycles. The number of anilines is 1. The van der Waals surface area contributed by atoms with Gasteiger partial charge < -0.3 is 20.5 Å². The first-order valence-corrected chi connectivity index (χ1v) is 7.34. The minimum Gasteiger partial charge on any atom is -0.481 e. The van der Waals surface area contributed by atoms with E-state index in [9.17, 15) is 14.7 Å². The minimum atomic E-state index is -1.14. The number of carbonyl (C=O) groups is 2. The highest BCUT2D eigenvalue weighted by molar-refractivity contribution is 9.10. The highest BCUT2D eigenvalue weighted by Crippen LogP contribution is 2.29. The summed E-state index contributed by atoms with van der Waals surface area (Å²) in [7, 11) is 0. The molecule has 6 nitrogen and oxygen atoms in total. The summed E-state index contributed by atoms with van der Waals surface area (Å²) >= 11 is 9.28. The number of amides is 2. The van der Waals surface area contributed by atoms with Crippen LogP contribution in [-0.4, -0.2) is 36.4 Å². The van der Waals surface area contributed by atoms with Crippen LogP contribution in [0.25, 0.3) is 0 Å². The van der Waals surface area contributed by atoms with E-state index in [1.807, 2.05) is 0 Å². The van der Waals surface area contributed by atoms with E-state index >= 15 is 0 Å². The third-order valence-electron chi connectivity index (χ3n) is 3.43. The predicted octanol–water partition coefficient (Wildman–Crippen LogP) is 2.71. The lowest BCUT2D eigenvalue weighted by atomic mass is 9.85. The van der Waals surface area contributed by atoms with Gasteiger partial charge in [0.2, 0.25) is 0 Å². The van der Waals surface area contributed by atoms with Crippen LogP contribution in [0.1, 0.15) is 6.92 Å². The summed E-state index contributed by atoms with van der Waals surface area (Å²) in [5.41, 5.74) is -0.700. The topological polar surface area (TPSA) is 87.7 Å². The summed E-state index contributed by atoms with van der Waals surface area (Å²) in [6.45, 7) is 1.76. The SMILES string of the molecule is CC1(C(=O)O)COCC1NC(=O)Nc1ccc(Br)cc1Cl. The van der Waals surface area contributed by atoms with Crippen molar-refractivity contribution in [1.82, 2.24) is 5.32 Å². The number of carboxylic acid groups (broad SMARTS) is 1. The molecule has 1 aliphatic rings. The number of carbonyl (C=O) groups excluding carboxylic acids is 1. The molecule has 1 saturated heterocycles. The molecule has 2 rings (SSSR count). The second kappa shape index (κ2) is 6.21. The van der Waals surface area contributed by atoms with E-state index < -0.39 is 23.5 Å². The third-order valence-corrected chi connectivity index (χ3v) is 4.23. The number of ether oxygens (including phenoxy) is 1. The first kappa shape index (κ1) is 16.1. The minimum absolute atomic E-state index is 0.0618. The number of halogens is 2. The number of carboxylic acids is 1. The maximum atomic E-state index is 12.0. The van der Waals surface area contributed by atoms with Gasteiger partial charge in [-0.05, 0) is 25.1 Å². The number of nitrogens with one attached hydrogen (secondary N) is 2. The van der Waals surface area contributed by atoms with Gasteiger partial charge in [-0.3, -0.25) is 4.79 Å². The van der Waals surface area contributed by atoms with Gasteiger partial charge in [0.05, 0.1) is 30.0 Å². The Morgan fingerprint density at radius 3 is 2.86 bits per heavy atom. The van der Waals surface area contributed by atoms with Gasteiger partial charge in [-0.1, -0.05) is 27.5 Å². The van der Waals surface area contributed by atoms with Crippen LogP contribution in [0, 0.1) is 5.41 Å². The normalized spacial score (nSPS) is 24.6. The van der Waals surface area contributed by atoms with Crippen LogP contribution >= 0.6 is 27.5 Å². The molecule has 0 radical (unpaired) electrons. The van der Waals surface area contributed by atoms with E-state index in [-0.39, 0.29) is 13.2 Å². The lowest BCUT2D eigenvalue weighted by Crippen LogP contribution is -2.50. The molecule has 1 aliphatic heterocycles. The van der Waals surface area contributed by atoms with Crippen LogP contribution in [0.5, 0.6) is 0 Å². The molecule has 1 aromatic carbocycles. The van der Waals surface area contributed by atoms with Crippen LogP contribution in [0.3, 0.4) is 0 Å². The van der Waals surface area contributed by atoms with E-state index in [0.29, 0.717) is 10.7 Å². The van der Waals surface area contributed by atoms with Gasteiger partial charge in [-0.15, -0.1) is 0 Å². The maximum absolute atomic E-state index is 12.0. The molecular weight excluding hydrogens is 364 g/mol. The molecule has 1 aromatic rings. The van der Waals surface area contributed by atoms with Gasteiger partial charge in [0, 0.05) is 4.47 Å². The van der Waals surface area contributed by atoms with Crippen LogP contribution < -0.4 is 10.6 Å². The molecule has 3 N–H and O–H groups in total. The maximum Gasteiger partial charge on any atom is 0.319 e. The first-order valence-electron chi connectivity index (χ1n) is 6.16. The molecule has 114 valence electrons. The Hall–Kier alpha value is -1.31. The highest BCUT2D eigenvalue weighted by Gasteiger charge is 2.47. The Balaban J connectivity index is 2.03. The molecule has 2 unspecified atom stereocenters. The largest absolute Gasteiger partial charge is 0.481 e. The summed E-state index contributed by atoms with van der Waals surface area (Å²) in [6, 6.07) is 3.90. The standard InChI is InChI=1S/C13H14BrClN2O4/c1-13(11(18)19)6-21-5-10(13)17-12(20)16-9-3-2-7(14)4-8(9)15/h2-4,10H,5-6H2,1H3,(H,18,19)(H2,16,17,20). The van der Waals surface area contributed by atoms with E-state index in [1.54, 1.807) is 25.1 Å². The van der Waals surface area contributed by atoms with Crippen molar-refractivity contribution in [2.24, 2.45) is 5.41 Å². The molecule has 2 atom stereocenters. The van der Waals surface area contributed by atoms with Crippen molar-refractivity contribution in [3.05, 3.63) is 27.7 Å². The average molecular weight is 378 g/mol. The van der Waals surface area contributed by atoms with Crippen molar-refractivity contribution in [3.63, 3.8) is 0 Å². The molecule has 0 spiro atoms. The molecule has 21 heavy (non-hydrogen) atoms. The van der Waals surface area contributed by atoms with Crippen LogP contribution in [0.15, 0.2) is 22.7 Å². The summed E-state index contributed by atoms with van der Waals surface area (Å²) < 4.78 is 5.96. The van der Waals surface area contributed by atoms with Crippen molar-refractivity contribution in [1.29, 1.82) is 0 Å². The number of hydrogen-bond donors (Lipinski definition) is 3. The summed E-state index contributed by atoms with van der Waals surface area (Å²) in [4.78, 5) is 23.3. The van der Waals surface area contributed by atoms with E-state index in [4.69, 9.17) is 16.3 Å². The summed E-state index contributed by atoms with van der Waals surface area (Å²) in [5.74, 6) is -1.01. The van der Waals surface area contributed by atoms with E-state index in [1.165, 1.54) is 0 Å². The lowest BCUT2D eigenvalue weighted by molar-refractivity contribution is -0.148. The zero-order chi connectivity index (χ0) is 15.6. The molecule has 0 bridgehead atoms. The zero-order valence-corrected chi connectivity index (χ0v) is 13.5. The number of benzene rings is 1. The Bertz CT molecular complexity index is 583. The zero-order valence-electron chi connectivity index (χ0n) is 11.2. The van der Waals surface area contributed by atoms with Gasteiger partial charge in [-0.25, -0.2) is 4.79 Å². The molecule has 8 heteroatoms. The van der Waals surface area contributed by atoms with E-state index in [0.717, 1.165) is 4.47 Å². The third kappa shape index (κ3) is 3.48. The average Bonchev–Trinajstić information content (AvgIpc) is 2.76. The quantitative estimate of drug-likeness (QED) is 0.756. The van der Waals surface area contributed by atoms with Gasteiger partial charge in [0.25, 0.3) is 0 Å². The van der Waals surface area contributed by atoms with Gasteiger partial charge in [0.1, 0.15) is 5.41 Å². The van der Waals surface area contributed by atoms with Gasteiger partial charge >= 0.3 is 12.0 Å². The molecular formula is C13H14BrClN2O4. The number of urea groups is 1. The number of hydrogen-bond acceptors (Lipinski definition) is 3. The molecule has 1 heterocycles. The molecule has 2 amide bonds. The molecule has 0 saturated carbocycles. The Morgan fingerprint density at radius 2 is 2.24 bits per heavy atom. The van der Waals surface area contributed by atoms with Gasteiger partial charge in [0.15, 0.2) is 0 Å².